The molecule has 0 unspecified atom stereocenters. The molecule has 3 rings (SSSR count). The Bertz CT molecular complexity index is 904. The monoisotopic (exact) mass is 350 g/mol. The number of hydrogen-bond acceptors (Lipinski definition) is 4. The first kappa shape index (κ1) is 15.9. The Labute approximate surface area is 139 Å². The molecule has 0 fully saturated rings. The van der Waals surface area contributed by atoms with Crippen molar-refractivity contribution in [1.82, 2.24) is 9.55 Å². The average molecular weight is 350 g/mol. The molecule has 2 aromatic heterocycles. The first-order valence-electron chi connectivity index (χ1n) is 6.75. The first-order valence-corrected chi connectivity index (χ1v) is 8.51. The molecule has 0 amide bonds. The molecular formula is C16H12F2N2OS2. The highest BCUT2D eigenvalue weighted by Crippen LogP contribution is 2.33. The number of hydrogen-bond donors (Lipinski definition) is 0. The van der Waals surface area contributed by atoms with E-state index >= 15 is 0 Å². The minimum absolute atomic E-state index is 0.0128. The zero-order valence-corrected chi connectivity index (χ0v) is 13.5. The van der Waals surface area contributed by atoms with E-state index in [1.54, 1.807) is 0 Å². The lowest BCUT2D eigenvalue weighted by atomic mass is 10.1. The summed E-state index contributed by atoms with van der Waals surface area (Å²) < 4.78 is 26.7. The van der Waals surface area contributed by atoms with Crippen molar-refractivity contribution in [2.45, 2.75) is 17.5 Å². The van der Waals surface area contributed by atoms with Crippen molar-refractivity contribution in [3.63, 3.8) is 0 Å². The summed E-state index contributed by atoms with van der Waals surface area (Å²) in [6, 6.07) is 9.47. The molecule has 3 nitrogen and oxygen atoms in total. The van der Waals surface area contributed by atoms with Gasteiger partial charge in [0, 0.05) is 17.5 Å². The molecule has 23 heavy (non-hydrogen) atoms. The summed E-state index contributed by atoms with van der Waals surface area (Å²) >= 11 is 1.56. The smallest absolute Gasteiger partial charge is 0.283 e. The Hall–Kier alpha value is -1.99. The highest BCUT2D eigenvalue weighted by atomic mass is 32.2. The molecule has 0 saturated carbocycles. The van der Waals surface area contributed by atoms with Crippen LogP contribution in [-0.2, 0) is 6.54 Å². The van der Waals surface area contributed by atoms with Crippen LogP contribution in [0.1, 0.15) is 0 Å². The fraction of sp³-hybridized carbons (Fsp3) is 0.125. The number of aromatic nitrogens is 2. The Morgan fingerprint density at radius 3 is 2.74 bits per heavy atom. The van der Waals surface area contributed by atoms with E-state index in [9.17, 15) is 13.6 Å². The summed E-state index contributed by atoms with van der Waals surface area (Å²) in [6.45, 7) is 3.72. The largest absolute Gasteiger partial charge is 0.291 e. The molecule has 0 aliphatic heterocycles. The second-order valence-corrected chi connectivity index (χ2v) is 6.49. The van der Waals surface area contributed by atoms with Gasteiger partial charge in [-0.05, 0) is 17.3 Å². The van der Waals surface area contributed by atoms with Gasteiger partial charge in [0.25, 0.3) is 11.3 Å². The van der Waals surface area contributed by atoms with E-state index in [1.807, 2.05) is 35.7 Å². The number of allylic oxidation sites excluding steroid dienone is 1. The molecule has 0 radical (unpaired) electrons. The van der Waals surface area contributed by atoms with Gasteiger partial charge in [-0.2, -0.15) is 8.78 Å². The lowest BCUT2D eigenvalue weighted by molar-refractivity contribution is 0.251. The zero-order valence-electron chi connectivity index (χ0n) is 11.9. The Balaban J connectivity index is 2.27. The number of alkyl halides is 2. The number of benzene rings is 1. The summed E-state index contributed by atoms with van der Waals surface area (Å²) in [6.07, 6.45) is 1.50. The summed E-state index contributed by atoms with van der Waals surface area (Å²) in [7, 11) is 0. The predicted octanol–water partition coefficient (Wildman–Crippen LogP) is 4.63. The topological polar surface area (TPSA) is 34.9 Å². The van der Waals surface area contributed by atoms with Crippen LogP contribution < -0.4 is 5.56 Å². The van der Waals surface area contributed by atoms with E-state index in [0.717, 1.165) is 11.1 Å². The quantitative estimate of drug-likeness (QED) is 0.382. The molecular weight excluding hydrogens is 338 g/mol. The summed E-state index contributed by atoms with van der Waals surface area (Å²) in [5, 5.41) is 2.31. The normalized spacial score (nSPS) is 11.3. The van der Waals surface area contributed by atoms with Gasteiger partial charge in [-0.1, -0.05) is 36.4 Å². The molecule has 3 aromatic rings. The highest BCUT2D eigenvalue weighted by Gasteiger charge is 2.19. The molecule has 0 N–H and O–H groups in total. The van der Waals surface area contributed by atoms with E-state index in [0.29, 0.717) is 10.2 Å². The van der Waals surface area contributed by atoms with Gasteiger partial charge >= 0.3 is 0 Å². The van der Waals surface area contributed by atoms with Gasteiger partial charge in [0.15, 0.2) is 5.16 Å². The second-order valence-electron chi connectivity index (χ2n) is 4.67. The van der Waals surface area contributed by atoms with Gasteiger partial charge in [-0.25, -0.2) is 4.98 Å². The number of rotatable bonds is 5. The SMILES string of the molecule is C=CCn1c(SC(F)F)nc2scc(-c3ccccc3)c2c1=O. The van der Waals surface area contributed by atoms with Crippen molar-refractivity contribution < 1.29 is 8.78 Å². The van der Waals surface area contributed by atoms with E-state index in [1.165, 1.54) is 22.0 Å². The summed E-state index contributed by atoms with van der Waals surface area (Å²) in [5.74, 6) is -2.64. The summed E-state index contributed by atoms with van der Waals surface area (Å²) in [5.41, 5.74) is 1.35. The van der Waals surface area contributed by atoms with Crippen molar-refractivity contribution in [3.05, 3.63) is 58.7 Å². The maximum Gasteiger partial charge on any atom is 0.291 e. The number of thioether (sulfide) groups is 1. The second kappa shape index (κ2) is 6.64. The molecule has 2 heterocycles. The Morgan fingerprint density at radius 2 is 2.09 bits per heavy atom. The third-order valence-electron chi connectivity index (χ3n) is 3.25. The van der Waals surface area contributed by atoms with Crippen LogP contribution in [0.15, 0.2) is 58.3 Å². The third-order valence-corrected chi connectivity index (χ3v) is 4.82. The van der Waals surface area contributed by atoms with Crippen LogP contribution in [0.3, 0.4) is 0 Å². The molecule has 7 heteroatoms. The van der Waals surface area contributed by atoms with Gasteiger partial charge in [0.2, 0.25) is 0 Å². The van der Waals surface area contributed by atoms with Crippen molar-refractivity contribution >= 4 is 33.3 Å². The maximum absolute atomic E-state index is 12.8. The van der Waals surface area contributed by atoms with Crippen LogP contribution in [0.4, 0.5) is 8.78 Å². The van der Waals surface area contributed by atoms with Crippen LogP contribution in [0.5, 0.6) is 0 Å². The van der Waals surface area contributed by atoms with Gasteiger partial charge in [0.1, 0.15) is 4.83 Å². The number of halogens is 2. The number of nitrogens with zero attached hydrogens (tertiary/aromatic N) is 2. The van der Waals surface area contributed by atoms with Gasteiger partial charge in [-0.3, -0.25) is 9.36 Å². The van der Waals surface area contributed by atoms with Crippen molar-refractivity contribution in [3.8, 4) is 11.1 Å². The van der Waals surface area contributed by atoms with Gasteiger partial charge in [-0.15, -0.1) is 17.9 Å². The third kappa shape index (κ3) is 3.07. The van der Waals surface area contributed by atoms with Crippen LogP contribution in [0.25, 0.3) is 21.3 Å². The highest BCUT2D eigenvalue weighted by molar-refractivity contribution is 7.99. The minimum Gasteiger partial charge on any atom is -0.283 e. The van der Waals surface area contributed by atoms with Crippen LogP contribution >= 0.6 is 23.1 Å². The average Bonchev–Trinajstić information content (AvgIpc) is 2.95. The van der Waals surface area contributed by atoms with Crippen LogP contribution in [0.2, 0.25) is 0 Å². The van der Waals surface area contributed by atoms with Gasteiger partial charge < -0.3 is 0 Å². The number of fused-ring (bicyclic) bond motifs is 1. The van der Waals surface area contributed by atoms with Crippen LogP contribution in [-0.4, -0.2) is 15.3 Å². The Kier molecular flexibility index (Phi) is 4.58. The molecule has 0 aliphatic carbocycles. The van der Waals surface area contributed by atoms with E-state index in [-0.39, 0.29) is 29.0 Å². The minimum atomic E-state index is -2.64. The van der Waals surface area contributed by atoms with Crippen molar-refractivity contribution in [1.29, 1.82) is 0 Å². The van der Waals surface area contributed by atoms with Gasteiger partial charge in [0.05, 0.1) is 5.39 Å². The lowest BCUT2D eigenvalue weighted by Gasteiger charge is -2.10. The number of thiophene rings is 1. The fourth-order valence-electron chi connectivity index (χ4n) is 2.30. The maximum atomic E-state index is 12.8. The van der Waals surface area contributed by atoms with Crippen molar-refractivity contribution in [2.24, 2.45) is 0 Å². The van der Waals surface area contributed by atoms with E-state index in [2.05, 4.69) is 11.6 Å². The van der Waals surface area contributed by atoms with E-state index < -0.39 is 5.76 Å². The molecule has 0 aliphatic rings. The van der Waals surface area contributed by atoms with E-state index in [4.69, 9.17) is 0 Å². The molecule has 1 aromatic carbocycles. The molecule has 0 saturated heterocycles. The summed E-state index contributed by atoms with van der Waals surface area (Å²) in [4.78, 5) is 17.5. The standard InChI is InChI=1S/C16H12F2N2OS2/c1-2-8-20-14(21)12-11(10-6-4-3-5-7-10)9-22-13(12)19-16(20)23-15(17)18/h2-7,9,15H,1,8H2. The van der Waals surface area contributed by atoms with Crippen molar-refractivity contribution in [2.75, 3.05) is 0 Å². The molecule has 0 spiro atoms. The molecule has 0 atom stereocenters. The molecule has 0 bridgehead atoms. The van der Waals surface area contributed by atoms with Crippen LogP contribution in [0, 0.1) is 0 Å². The lowest BCUT2D eigenvalue weighted by Crippen LogP contribution is -2.22. The first-order chi connectivity index (χ1) is 11.1. The predicted molar refractivity (Wildman–Crippen MR) is 91.4 cm³/mol. The Morgan fingerprint density at radius 1 is 1.35 bits per heavy atom. The zero-order chi connectivity index (χ0) is 16.4. The molecule has 118 valence electrons. The fourth-order valence-corrected chi connectivity index (χ4v) is 3.88.